The molecule has 19 heavy (non-hydrogen) atoms. The highest BCUT2D eigenvalue weighted by Gasteiger charge is 2.24. The van der Waals surface area contributed by atoms with Crippen molar-refractivity contribution >= 4 is 0 Å². The Labute approximate surface area is 111 Å². The van der Waals surface area contributed by atoms with E-state index in [0.717, 1.165) is 38.7 Å². The Balaban J connectivity index is 1.90. The zero-order valence-corrected chi connectivity index (χ0v) is 10.8. The smallest absolute Gasteiger partial charge is 0.134 e. The molecule has 0 unspecified atom stereocenters. The fraction of sp³-hybridized carbons (Fsp3) is 0.571. The number of benzene rings is 1. The summed E-state index contributed by atoms with van der Waals surface area (Å²) in [5, 5.41) is 3.26. The van der Waals surface area contributed by atoms with Crippen LogP contribution in [0.1, 0.15) is 17.5 Å². The molecule has 1 N–H and O–H groups in total. The highest BCUT2D eigenvalue weighted by Crippen LogP contribution is 2.34. The van der Waals surface area contributed by atoms with Crippen LogP contribution in [0.5, 0.6) is 5.75 Å². The molecule has 1 aromatic rings. The molecular weight excluding hydrogens is 250 g/mol. The van der Waals surface area contributed by atoms with Crippen LogP contribution in [0.2, 0.25) is 0 Å². The van der Waals surface area contributed by atoms with Gasteiger partial charge in [0.05, 0.1) is 6.61 Å². The average Bonchev–Trinajstić information content (AvgIpc) is 2.45. The van der Waals surface area contributed by atoms with Gasteiger partial charge in [0.25, 0.3) is 0 Å². The molecule has 2 aliphatic heterocycles. The van der Waals surface area contributed by atoms with Crippen molar-refractivity contribution in [3.63, 3.8) is 0 Å². The second-order valence-corrected chi connectivity index (χ2v) is 5.10. The maximum absolute atomic E-state index is 14.0. The van der Waals surface area contributed by atoms with E-state index in [0.29, 0.717) is 36.4 Å². The Morgan fingerprint density at radius 2 is 2.00 bits per heavy atom. The highest BCUT2D eigenvalue weighted by molar-refractivity contribution is 5.44. The van der Waals surface area contributed by atoms with Crippen molar-refractivity contribution in [1.29, 1.82) is 0 Å². The minimum Gasteiger partial charge on any atom is -0.493 e. The van der Waals surface area contributed by atoms with Gasteiger partial charge >= 0.3 is 0 Å². The molecule has 0 aliphatic carbocycles. The van der Waals surface area contributed by atoms with E-state index in [1.807, 2.05) is 0 Å². The van der Waals surface area contributed by atoms with Crippen LogP contribution >= 0.6 is 0 Å². The van der Waals surface area contributed by atoms with E-state index in [1.165, 1.54) is 0 Å². The van der Waals surface area contributed by atoms with Gasteiger partial charge in [0.1, 0.15) is 17.4 Å². The number of nitrogens with one attached hydrogen (secondary N) is 1. The SMILES string of the molecule is Fc1cc(F)c(CN2CCNCC2)c2c1CCCO2. The van der Waals surface area contributed by atoms with E-state index in [9.17, 15) is 8.78 Å². The van der Waals surface area contributed by atoms with E-state index in [-0.39, 0.29) is 0 Å². The molecule has 1 fully saturated rings. The highest BCUT2D eigenvalue weighted by atomic mass is 19.1. The van der Waals surface area contributed by atoms with Crippen molar-refractivity contribution in [2.75, 3.05) is 32.8 Å². The van der Waals surface area contributed by atoms with Gasteiger partial charge in [0.2, 0.25) is 0 Å². The van der Waals surface area contributed by atoms with E-state index >= 15 is 0 Å². The molecule has 0 amide bonds. The molecule has 104 valence electrons. The van der Waals surface area contributed by atoms with Crippen molar-refractivity contribution in [1.82, 2.24) is 10.2 Å². The lowest BCUT2D eigenvalue weighted by atomic mass is 10.0. The van der Waals surface area contributed by atoms with Gasteiger partial charge in [-0.2, -0.15) is 0 Å². The maximum atomic E-state index is 14.0. The second kappa shape index (κ2) is 5.43. The number of piperazine rings is 1. The Bertz CT molecular complexity index is 473. The summed E-state index contributed by atoms with van der Waals surface area (Å²) >= 11 is 0. The lowest BCUT2D eigenvalue weighted by molar-refractivity contribution is 0.219. The first-order chi connectivity index (χ1) is 9.25. The summed E-state index contributed by atoms with van der Waals surface area (Å²) in [4.78, 5) is 2.17. The Kier molecular flexibility index (Phi) is 3.66. The second-order valence-electron chi connectivity index (χ2n) is 5.10. The summed E-state index contributed by atoms with van der Waals surface area (Å²) < 4.78 is 33.3. The predicted molar refractivity (Wildman–Crippen MR) is 68.3 cm³/mol. The first-order valence-electron chi connectivity index (χ1n) is 6.81. The van der Waals surface area contributed by atoms with Crippen molar-refractivity contribution in [3.05, 3.63) is 28.8 Å². The molecule has 0 saturated carbocycles. The van der Waals surface area contributed by atoms with Gasteiger partial charge in [-0.3, -0.25) is 4.90 Å². The van der Waals surface area contributed by atoms with Crippen molar-refractivity contribution in [2.45, 2.75) is 19.4 Å². The van der Waals surface area contributed by atoms with Crippen LogP contribution < -0.4 is 10.1 Å². The monoisotopic (exact) mass is 268 g/mol. The molecule has 1 aromatic carbocycles. The van der Waals surface area contributed by atoms with Gasteiger partial charge in [-0.15, -0.1) is 0 Å². The third-order valence-electron chi connectivity index (χ3n) is 3.79. The van der Waals surface area contributed by atoms with Crippen LogP contribution in [0.3, 0.4) is 0 Å². The van der Waals surface area contributed by atoms with Crippen LogP contribution in [0.4, 0.5) is 8.78 Å². The Morgan fingerprint density at radius 3 is 2.79 bits per heavy atom. The topological polar surface area (TPSA) is 24.5 Å². The van der Waals surface area contributed by atoms with Crippen molar-refractivity contribution < 1.29 is 13.5 Å². The molecular formula is C14H18F2N2O. The normalized spacial score (nSPS) is 19.9. The Hall–Kier alpha value is -1.20. The molecule has 3 nitrogen and oxygen atoms in total. The molecule has 0 spiro atoms. The van der Waals surface area contributed by atoms with E-state index < -0.39 is 11.6 Å². The van der Waals surface area contributed by atoms with Gasteiger partial charge in [-0.25, -0.2) is 8.78 Å². The van der Waals surface area contributed by atoms with Gasteiger partial charge in [-0.05, 0) is 12.8 Å². The molecule has 0 bridgehead atoms. The number of fused-ring (bicyclic) bond motifs is 1. The van der Waals surface area contributed by atoms with E-state index in [2.05, 4.69) is 10.2 Å². The summed E-state index contributed by atoms with van der Waals surface area (Å²) in [6.45, 7) is 4.62. The number of nitrogens with zero attached hydrogens (tertiary/aromatic N) is 1. The summed E-state index contributed by atoms with van der Waals surface area (Å²) in [5.74, 6) is -0.518. The fourth-order valence-corrected chi connectivity index (χ4v) is 2.76. The first kappa shape index (κ1) is 12.8. The standard InChI is InChI=1S/C14H18F2N2O/c15-12-8-13(16)11(9-18-5-3-17-4-6-18)14-10(12)2-1-7-19-14/h8,17H,1-7,9H2. The zero-order chi connectivity index (χ0) is 13.2. The summed E-state index contributed by atoms with van der Waals surface area (Å²) in [6.07, 6.45) is 1.43. The molecule has 2 heterocycles. The van der Waals surface area contributed by atoms with Gasteiger partial charge < -0.3 is 10.1 Å². The van der Waals surface area contributed by atoms with Crippen LogP contribution in [0.25, 0.3) is 0 Å². The third kappa shape index (κ3) is 2.58. The number of hydrogen-bond donors (Lipinski definition) is 1. The minimum atomic E-state index is -0.489. The van der Waals surface area contributed by atoms with Crippen molar-refractivity contribution in [3.8, 4) is 5.75 Å². The van der Waals surface area contributed by atoms with E-state index in [4.69, 9.17) is 4.74 Å². The van der Waals surface area contributed by atoms with Crippen molar-refractivity contribution in [2.24, 2.45) is 0 Å². The lowest BCUT2D eigenvalue weighted by Gasteiger charge is -2.29. The van der Waals surface area contributed by atoms with Crippen LogP contribution in [-0.2, 0) is 13.0 Å². The maximum Gasteiger partial charge on any atom is 0.134 e. The molecule has 2 aliphatic rings. The number of halogens is 2. The predicted octanol–water partition coefficient (Wildman–Crippen LogP) is 1.69. The zero-order valence-electron chi connectivity index (χ0n) is 10.8. The van der Waals surface area contributed by atoms with Crippen LogP contribution in [-0.4, -0.2) is 37.7 Å². The lowest BCUT2D eigenvalue weighted by Crippen LogP contribution is -2.43. The molecule has 0 radical (unpaired) electrons. The largest absolute Gasteiger partial charge is 0.493 e. The summed E-state index contributed by atoms with van der Waals surface area (Å²) in [6, 6.07) is 1.01. The molecule has 0 aromatic heterocycles. The van der Waals surface area contributed by atoms with Gasteiger partial charge in [-0.1, -0.05) is 0 Å². The molecule has 1 saturated heterocycles. The minimum absolute atomic E-state index is 0.447. The molecule has 0 atom stereocenters. The van der Waals surface area contributed by atoms with Crippen LogP contribution in [0, 0.1) is 11.6 Å². The number of rotatable bonds is 2. The van der Waals surface area contributed by atoms with Gasteiger partial charge in [0.15, 0.2) is 0 Å². The fourth-order valence-electron chi connectivity index (χ4n) is 2.76. The number of hydrogen-bond acceptors (Lipinski definition) is 3. The molecule has 5 heteroatoms. The quantitative estimate of drug-likeness (QED) is 0.883. The van der Waals surface area contributed by atoms with E-state index in [1.54, 1.807) is 0 Å². The summed E-state index contributed by atoms with van der Waals surface area (Å²) in [5.41, 5.74) is 1.05. The Morgan fingerprint density at radius 1 is 1.21 bits per heavy atom. The third-order valence-corrected chi connectivity index (χ3v) is 3.79. The molecule has 3 rings (SSSR count). The first-order valence-corrected chi connectivity index (χ1v) is 6.81. The summed E-state index contributed by atoms with van der Waals surface area (Å²) in [7, 11) is 0. The van der Waals surface area contributed by atoms with Crippen LogP contribution in [0.15, 0.2) is 6.07 Å². The average molecular weight is 268 g/mol. The van der Waals surface area contributed by atoms with Gasteiger partial charge in [0, 0.05) is 49.9 Å². The number of ether oxygens (including phenoxy) is 1.